The Balaban J connectivity index is 1.77. The zero-order valence-electron chi connectivity index (χ0n) is 14.6. The highest BCUT2D eigenvalue weighted by molar-refractivity contribution is 7.92. The number of fused-ring (bicyclic) bond motifs is 2. The van der Waals surface area contributed by atoms with Gasteiger partial charge in [-0.25, -0.2) is 8.42 Å². The Hall–Kier alpha value is -1.02. The lowest BCUT2D eigenvalue weighted by molar-refractivity contribution is -0.128. The number of Topliss-reactive ketones (excluding diaryl/α,β-unsaturated/α-hetero) is 1. The van der Waals surface area contributed by atoms with E-state index in [2.05, 4.69) is 28.8 Å². The van der Waals surface area contributed by atoms with Crippen molar-refractivity contribution in [2.45, 2.75) is 53.4 Å². The smallest absolute Gasteiger partial charge is 0.235 e. The fraction of sp³-hybridized carbons (Fsp3) is 0.812. The molecule has 2 aliphatic rings. The summed E-state index contributed by atoms with van der Waals surface area (Å²) in [5, 5.41) is 9.08. The number of hydrogen-bond donors (Lipinski definition) is 1. The maximum atomic E-state index is 12.7. The number of nitrogens with one attached hydrogen (secondary N) is 1. The highest BCUT2D eigenvalue weighted by Crippen LogP contribution is 2.64. The fourth-order valence-corrected chi connectivity index (χ4v) is 7.38. The topological polar surface area (TPSA) is 89.0 Å². The Morgan fingerprint density at radius 1 is 1.33 bits per heavy atom. The van der Waals surface area contributed by atoms with Gasteiger partial charge in [0.25, 0.3) is 0 Å². The molecule has 6 nitrogen and oxygen atoms in total. The summed E-state index contributed by atoms with van der Waals surface area (Å²) in [6.45, 7) is 8.23. The maximum absolute atomic E-state index is 12.7. The lowest BCUT2D eigenvalue weighted by atomic mass is 9.70. The average molecular weight is 372 g/mol. The standard InChI is InChI=1S/C16H25N3O3S2/c1-10(2)7-13-17-18-14(23-13)19-24(21,22)9-16-6-5-11(8-12(16)20)15(16,3)4/h10-11H,5-9H2,1-4H3,(H,18,19). The molecule has 0 saturated heterocycles. The molecule has 0 aromatic carbocycles. The van der Waals surface area contributed by atoms with Crippen molar-refractivity contribution in [2.24, 2.45) is 22.7 Å². The summed E-state index contributed by atoms with van der Waals surface area (Å²) < 4.78 is 27.9. The van der Waals surface area contributed by atoms with Crippen LogP contribution in [0.15, 0.2) is 0 Å². The molecule has 1 N–H and O–H groups in total. The van der Waals surface area contributed by atoms with E-state index in [1.54, 1.807) is 0 Å². The Morgan fingerprint density at radius 2 is 2.04 bits per heavy atom. The van der Waals surface area contributed by atoms with Crippen LogP contribution in [0.3, 0.4) is 0 Å². The highest BCUT2D eigenvalue weighted by atomic mass is 32.2. The van der Waals surface area contributed by atoms with Crippen molar-refractivity contribution in [1.82, 2.24) is 10.2 Å². The van der Waals surface area contributed by atoms with Gasteiger partial charge in [-0.05, 0) is 30.1 Å². The molecule has 134 valence electrons. The molecule has 1 heterocycles. The molecule has 0 spiro atoms. The maximum Gasteiger partial charge on any atom is 0.235 e. The monoisotopic (exact) mass is 371 g/mol. The molecule has 0 radical (unpaired) electrons. The van der Waals surface area contributed by atoms with Crippen molar-refractivity contribution in [3.05, 3.63) is 5.01 Å². The number of rotatable bonds is 6. The number of hydrogen-bond acceptors (Lipinski definition) is 6. The van der Waals surface area contributed by atoms with Crippen LogP contribution in [-0.4, -0.2) is 30.2 Å². The zero-order chi connectivity index (χ0) is 17.8. The van der Waals surface area contributed by atoms with Gasteiger partial charge in [-0.1, -0.05) is 39.0 Å². The second-order valence-electron chi connectivity index (χ2n) is 8.13. The minimum Gasteiger partial charge on any atom is -0.299 e. The van der Waals surface area contributed by atoms with Gasteiger partial charge < -0.3 is 0 Å². The van der Waals surface area contributed by atoms with Crippen molar-refractivity contribution in [1.29, 1.82) is 0 Å². The molecule has 0 aliphatic heterocycles. The minimum absolute atomic E-state index is 0.104. The lowest BCUT2D eigenvalue weighted by Gasteiger charge is -2.35. The lowest BCUT2D eigenvalue weighted by Crippen LogP contribution is -2.43. The Bertz CT molecular complexity index is 754. The first-order chi connectivity index (χ1) is 11.1. The van der Waals surface area contributed by atoms with E-state index >= 15 is 0 Å². The summed E-state index contributed by atoms with van der Waals surface area (Å²) >= 11 is 1.27. The third-order valence-electron chi connectivity index (χ3n) is 5.87. The van der Waals surface area contributed by atoms with Gasteiger partial charge in [-0.3, -0.25) is 9.52 Å². The summed E-state index contributed by atoms with van der Waals surface area (Å²) in [6.07, 6.45) is 2.89. The summed E-state index contributed by atoms with van der Waals surface area (Å²) in [5.41, 5.74) is -1.02. The molecule has 2 bridgehead atoms. The van der Waals surface area contributed by atoms with E-state index in [9.17, 15) is 13.2 Å². The number of carbonyl (C=O) groups is 1. The number of nitrogens with zero attached hydrogens (tertiary/aromatic N) is 2. The van der Waals surface area contributed by atoms with Crippen LogP contribution in [0.25, 0.3) is 0 Å². The summed E-state index contributed by atoms with van der Waals surface area (Å²) in [6, 6.07) is 0. The Morgan fingerprint density at radius 3 is 2.58 bits per heavy atom. The third-order valence-corrected chi connectivity index (χ3v) is 8.24. The van der Waals surface area contributed by atoms with Gasteiger partial charge >= 0.3 is 0 Å². The SMILES string of the molecule is CC(C)Cc1nnc(NS(=O)(=O)CC23CCC(CC2=O)C3(C)C)s1. The van der Waals surface area contributed by atoms with Gasteiger partial charge in [-0.15, -0.1) is 10.2 Å². The number of anilines is 1. The van der Waals surface area contributed by atoms with Crippen molar-refractivity contribution in [3.63, 3.8) is 0 Å². The van der Waals surface area contributed by atoms with Gasteiger partial charge in [0, 0.05) is 12.8 Å². The predicted molar refractivity (Wildman–Crippen MR) is 94.4 cm³/mol. The van der Waals surface area contributed by atoms with E-state index in [4.69, 9.17) is 0 Å². The quantitative estimate of drug-likeness (QED) is 0.830. The molecule has 1 aromatic heterocycles. The van der Waals surface area contributed by atoms with Crippen LogP contribution in [0.4, 0.5) is 5.13 Å². The highest BCUT2D eigenvalue weighted by Gasteiger charge is 2.65. The zero-order valence-corrected chi connectivity index (χ0v) is 16.3. The van der Waals surface area contributed by atoms with E-state index < -0.39 is 15.4 Å². The van der Waals surface area contributed by atoms with E-state index in [0.717, 1.165) is 17.8 Å². The molecule has 24 heavy (non-hydrogen) atoms. The van der Waals surface area contributed by atoms with E-state index in [-0.39, 0.29) is 17.0 Å². The van der Waals surface area contributed by atoms with Crippen molar-refractivity contribution in [2.75, 3.05) is 10.5 Å². The molecular weight excluding hydrogens is 346 g/mol. The summed E-state index contributed by atoms with van der Waals surface area (Å²) in [5.74, 6) is 0.696. The molecule has 2 unspecified atom stereocenters. The van der Waals surface area contributed by atoms with Crippen LogP contribution >= 0.6 is 11.3 Å². The minimum atomic E-state index is -3.64. The summed E-state index contributed by atoms with van der Waals surface area (Å²) in [7, 11) is -3.64. The first-order valence-corrected chi connectivity index (χ1v) is 10.9. The first-order valence-electron chi connectivity index (χ1n) is 8.42. The van der Waals surface area contributed by atoms with Crippen molar-refractivity contribution in [3.8, 4) is 0 Å². The fourth-order valence-electron chi connectivity index (χ4n) is 4.33. The van der Waals surface area contributed by atoms with Crippen LogP contribution in [0.5, 0.6) is 0 Å². The number of sulfonamides is 1. The van der Waals surface area contributed by atoms with Gasteiger partial charge in [0.15, 0.2) is 0 Å². The van der Waals surface area contributed by atoms with Gasteiger partial charge in [-0.2, -0.15) is 0 Å². The van der Waals surface area contributed by atoms with Crippen molar-refractivity contribution >= 4 is 32.3 Å². The van der Waals surface area contributed by atoms with Gasteiger partial charge in [0.1, 0.15) is 10.8 Å². The molecular formula is C16H25N3O3S2. The van der Waals surface area contributed by atoms with Crippen molar-refractivity contribution < 1.29 is 13.2 Å². The van der Waals surface area contributed by atoms with E-state index in [1.807, 2.05) is 13.8 Å². The van der Waals surface area contributed by atoms with Crippen LogP contribution < -0.4 is 4.72 Å². The Kier molecular flexibility index (Phi) is 4.27. The molecule has 3 rings (SSSR count). The van der Waals surface area contributed by atoms with Crippen LogP contribution in [0.1, 0.15) is 52.0 Å². The van der Waals surface area contributed by atoms with Gasteiger partial charge in [0.05, 0.1) is 11.2 Å². The second-order valence-corrected chi connectivity index (χ2v) is 10.9. The largest absolute Gasteiger partial charge is 0.299 e. The van der Waals surface area contributed by atoms with Gasteiger partial charge in [0.2, 0.25) is 15.2 Å². The molecule has 2 aliphatic carbocycles. The normalized spacial score (nSPS) is 28.7. The molecule has 0 amide bonds. The molecule has 2 atom stereocenters. The molecule has 1 aromatic rings. The number of carbonyl (C=O) groups excluding carboxylic acids is 1. The predicted octanol–water partition coefficient (Wildman–Crippen LogP) is 2.87. The Labute approximate surface area is 147 Å². The van der Waals surface area contributed by atoms with E-state index in [1.165, 1.54) is 11.3 Å². The number of ketones is 1. The first kappa shape index (κ1) is 17.8. The second kappa shape index (κ2) is 5.76. The van der Waals surface area contributed by atoms with Crippen LogP contribution in [0, 0.1) is 22.7 Å². The van der Waals surface area contributed by atoms with Crippen LogP contribution in [-0.2, 0) is 21.2 Å². The molecule has 2 fully saturated rings. The van der Waals surface area contributed by atoms with E-state index in [0.29, 0.717) is 29.8 Å². The van der Waals surface area contributed by atoms with Crippen LogP contribution in [0.2, 0.25) is 0 Å². The third kappa shape index (κ3) is 2.87. The number of aromatic nitrogens is 2. The summed E-state index contributed by atoms with van der Waals surface area (Å²) in [4.78, 5) is 12.5. The molecule has 8 heteroatoms. The molecule has 2 saturated carbocycles. The average Bonchev–Trinajstić information content (AvgIpc) is 2.99.